The van der Waals surface area contributed by atoms with E-state index < -0.39 is 12.0 Å². The van der Waals surface area contributed by atoms with Gasteiger partial charge in [0.05, 0.1) is 11.8 Å². The number of hydrogen-bond acceptors (Lipinski definition) is 4. The first kappa shape index (κ1) is 14.5. The maximum Gasteiger partial charge on any atom is 0.328 e. The number of carbonyl (C=O) groups excluding carboxylic acids is 1. The summed E-state index contributed by atoms with van der Waals surface area (Å²) in [5.74, 6) is -1.05. The molecule has 1 amide bonds. The van der Waals surface area contributed by atoms with Crippen LogP contribution in [0.4, 0.5) is 0 Å². The van der Waals surface area contributed by atoms with Crippen molar-refractivity contribution < 1.29 is 14.7 Å². The lowest BCUT2D eigenvalue weighted by atomic mass is 10.2. The van der Waals surface area contributed by atoms with Crippen LogP contribution in [0.25, 0.3) is 0 Å². The van der Waals surface area contributed by atoms with E-state index in [1.54, 1.807) is 4.90 Å². The Kier molecular flexibility index (Phi) is 4.39. The van der Waals surface area contributed by atoms with Crippen LogP contribution in [-0.4, -0.2) is 69.3 Å². The third-order valence-electron chi connectivity index (χ3n) is 3.71. The quantitative estimate of drug-likeness (QED) is 0.858. The van der Waals surface area contributed by atoms with Crippen LogP contribution < -0.4 is 0 Å². The number of nitrogens with zero attached hydrogens (tertiary/aromatic N) is 4. The van der Waals surface area contributed by atoms with Crippen molar-refractivity contribution in [2.75, 3.05) is 32.7 Å². The molecule has 7 nitrogen and oxygen atoms in total. The molecular formula is C13H20N4O3. The first-order valence-corrected chi connectivity index (χ1v) is 6.81. The van der Waals surface area contributed by atoms with E-state index in [-0.39, 0.29) is 5.91 Å². The second-order valence-corrected chi connectivity index (χ2v) is 4.95. The van der Waals surface area contributed by atoms with E-state index in [4.69, 9.17) is 5.11 Å². The van der Waals surface area contributed by atoms with Gasteiger partial charge in [-0.05, 0) is 13.5 Å². The summed E-state index contributed by atoms with van der Waals surface area (Å²) in [5.41, 5.74) is 0.447. The summed E-state index contributed by atoms with van der Waals surface area (Å²) in [5, 5.41) is 12.9. The van der Waals surface area contributed by atoms with Crippen LogP contribution >= 0.6 is 0 Å². The van der Waals surface area contributed by atoms with E-state index in [0.717, 1.165) is 19.6 Å². The van der Waals surface area contributed by atoms with Gasteiger partial charge in [-0.1, -0.05) is 6.92 Å². The second kappa shape index (κ2) is 6.04. The Balaban J connectivity index is 2.01. The standard InChI is InChI=1S/C13H20N4O3/c1-3-15-4-6-16(7-5-15)12(18)11-8-14-17(9-11)10(2)13(19)20/h8-10H,3-7H2,1-2H3,(H,19,20). The fourth-order valence-electron chi connectivity index (χ4n) is 2.22. The van der Waals surface area contributed by atoms with Crippen LogP contribution in [0.2, 0.25) is 0 Å². The van der Waals surface area contributed by atoms with Crippen LogP contribution in [0.3, 0.4) is 0 Å². The van der Waals surface area contributed by atoms with Gasteiger partial charge in [0.2, 0.25) is 0 Å². The zero-order valence-corrected chi connectivity index (χ0v) is 11.8. The molecule has 1 aromatic rings. The average molecular weight is 280 g/mol. The number of aromatic nitrogens is 2. The van der Waals surface area contributed by atoms with Crippen molar-refractivity contribution in [1.29, 1.82) is 0 Å². The highest BCUT2D eigenvalue weighted by Crippen LogP contribution is 2.11. The molecule has 1 atom stereocenters. The highest BCUT2D eigenvalue weighted by atomic mass is 16.4. The van der Waals surface area contributed by atoms with E-state index in [2.05, 4.69) is 16.9 Å². The fourth-order valence-corrected chi connectivity index (χ4v) is 2.22. The third kappa shape index (κ3) is 2.98. The first-order chi connectivity index (χ1) is 9.52. The van der Waals surface area contributed by atoms with E-state index in [9.17, 15) is 9.59 Å². The van der Waals surface area contributed by atoms with Crippen LogP contribution in [0, 0.1) is 0 Å². The van der Waals surface area contributed by atoms with Gasteiger partial charge >= 0.3 is 5.97 Å². The Bertz CT molecular complexity index is 492. The minimum Gasteiger partial charge on any atom is -0.480 e. The lowest BCUT2D eigenvalue weighted by Crippen LogP contribution is -2.48. The molecule has 1 N–H and O–H groups in total. The molecule has 110 valence electrons. The monoisotopic (exact) mass is 280 g/mol. The number of carbonyl (C=O) groups is 2. The predicted molar refractivity (Wildman–Crippen MR) is 72.6 cm³/mol. The number of amides is 1. The van der Waals surface area contributed by atoms with Crippen molar-refractivity contribution in [3.8, 4) is 0 Å². The lowest BCUT2D eigenvalue weighted by Gasteiger charge is -2.33. The molecular weight excluding hydrogens is 260 g/mol. The topological polar surface area (TPSA) is 78.7 Å². The normalized spacial score (nSPS) is 18.0. The molecule has 0 saturated carbocycles. The lowest BCUT2D eigenvalue weighted by molar-refractivity contribution is -0.140. The van der Waals surface area contributed by atoms with Gasteiger partial charge in [-0.25, -0.2) is 4.79 Å². The molecule has 0 aliphatic carbocycles. The summed E-state index contributed by atoms with van der Waals surface area (Å²) in [6.07, 6.45) is 2.95. The summed E-state index contributed by atoms with van der Waals surface area (Å²) in [4.78, 5) is 27.3. The Hall–Kier alpha value is -1.89. The van der Waals surface area contributed by atoms with Gasteiger partial charge in [0.15, 0.2) is 0 Å². The summed E-state index contributed by atoms with van der Waals surface area (Å²) >= 11 is 0. The number of piperazine rings is 1. The number of aliphatic carboxylic acids is 1. The van der Waals surface area contributed by atoms with Crippen LogP contribution in [0.1, 0.15) is 30.2 Å². The Morgan fingerprint density at radius 2 is 2.00 bits per heavy atom. The minimum atomic E-state index is -0.969. The number of likely N-dealkylation sites (N-methyl/N-ethyl adjacent to an activating group) is 1. The highest BCUT2D eigenvalue weighted by Gasteiger charge is 2.23. The van der Waals surface area contributed by atoms with Gasteiger partial charge in [-0.3, -0.25) is 9.48 Å². The van der Waals surface area contributed by atoms with Crippen molar-refractivity contribution >= 4 is 11.9 Å². The van der Waals surface area contributed by atoms with Crippen molar-refractivity contribution in [2.45, 2.75) is 19.9 Å². The molecule has 20 heavy (non-hydrogen) atoms. The Labute approximate surface area is 117 Å². The SMILES string of the molecule is CCN1CCN(C(=O)c2cnn(C(C)C(=O)O)c2)CC1. The summed E-state index contributed by atoms with van der Waals surface area (Å²) in [7, 11) is 0. The van der Waals surface area contributed by atoms with Crippen molar-refractivity contribution in [1.82, 2.24) is 19.6 Å². The molecule has 1 fully saturated rings. The molecule has 7 heteroatoms. The smallest absolute Gasteiger partial charge is 0.328 e. The first-order valence-electron chi connectivity index (χ1n) is 6.81. The average Bonchev–Trinajstić information content (AvgIpc) is 2.95. The van der Waals surface area contributed by atoms with Crippen molar-refractivity contribution in [3.05, 3.63) is 18.0 Å². The summed E-state index contributed by atoms with van der Waals surface area (Å²) < 4.78 is 1.30. The highest BCUT2D eigenvalue weighted by molar-refractivity contribution is 5.93. The molecule has 1 saturated heterocycles. The number of carboxylic acids is 1. The molecule has 0 radical (unpaired) electrons. The van der Waals surface area contributed by atoms with E-state index in [1.807, 2.05) is 0 Å². The van der Waals surface area contributed by atoms with E-state index >= 15 is 0 Å². The van der Waals surface area contributed by atoms with Gasteiger partial charge in [0.1, 0.15) is 6.04 Å². The van der Waals surface area contributed by atoms with Crippen molar-refractivity contribution in [2.24, 2.45) is 0 Å². The van der Waals surface area contributed by atoms with E-state index in [1.165, 1.54) is 24.0 Å². The maximum absolute atomic E-state index is 12.3. The van der Waals surface area contributed by atoms with Crippen LogP contribution in [-0.2, 0) is 4.79 Å². The third-order valence-corrected chi connectivity index (χ3v) is 3.71. The van der Waals surface area contributed by atoms with Gasteiger partial charge in [-0.15, -0.1) is 0 Å². The van der Waals surface area contributed by atoms with E-state index in [0.29, 0.717) is 18.7 Å². The molecule has 2 rings (SSSR count). The molecule has 1 aromatic heterocycles. The van der Waals surface area contributed by atoms with Gasteiger partial charge in [-0.2, -0.15) is 5.10 Å². The molecule has 0 aromatic carbocycles. The number of rotatable bonds is 4. The van der Waals surface area contributed by atoms with Gasteiger partial charge < -0.3 is 14.9 Å². The predicted octanol–water partition coefficient (Wildman–Crippen LogP) is 0.306. The summed E-state index contributed by atoms with van der Waals surface area (Å²) in [6, 6.07) is -0.770. The minimum absolute atomic E-state index is 0.0791. The van der Waals surface area contributed by atoms with Crippen LogP contribution in [0.5, 0.6) is 0 Å². The number of carboxylic acid groups (broad SMARTS) is 1. The Morgan fingerprint density at radius 1 is 1.35 bits per heavy atom. The van der Waals surface area contributed by atoms with Crippen molar-refractivity contribution in [3.63, 3.8) is 0 Å². The molecule has 1 aliphatic rings. The molecule has 2 heterocycles. The largest absolute Gasteiger partial charge is 0.480 e. The summed E-state index contributed by atoms with van der Waals surface area (Å²) in [6.45, 7) is 7.79. The maximum atomic E-state index is 12.3. The zero-order valence-electron chi connectivity index (χ0n) is 11.8. The second-order valence-electron chi connectivity index (χ2n) is 4.95. The zero-order chi connectivity index (χ0) is 14.7. The Morgan fingerprint density at radius 3 is 2.55 bits per heavy atom. The number of hydrogen-bond donors (Lipinski definition) is 1. The van der Waals surface area contributed by atoms with Gasteiger partial charge in [0.25, 0.3) is 5.91 Å². The van der Waals surface area contributed by atoms with Gasteiger partial charge in [0, 0.05) is 32.4 Å². The molecule has 0 spiro atoms. The fraction of sp³-hybridized carbons (Fsp3) is 0.615. The molecule has 1 unspecified atom stereocenters. The van der Waals surface area contributed by atoms with Crippen LogP contribution in [0.15, 0.2) is 12.4 Å². The molecule has 1 aliphatic heterocycles. The molecule has 0 bridgehead atoms.